The summed E-state index contributed by atoms with van der Waals surface area (Å²) in [6, 6.07) is 15.6. The van der Waals surface area contributed by atoms with Crippen molar-refractivity contribution in [2.45, 2.75) is 26.4 Å². The van der Waals surface area contributed by atoms with Crippen LogP contribution in [0.3, 0.4) is 0 Å². The highest BCUT2D eigenvalue weighted by atomic mass is 79.9. The number of aromatic amines is 1. The van der Waals surface area contributed by atoms with Gasteiger partial charge in [0.2, 0.25) is 5.91 Å². The smallest absolute Gasteiger partial charge is 0.224 e. The Morgan fingerprint density at radius 3 is 2.66 bits per heavy atom. The Balaban J connectivity index is 1.67. The van der Waals surface area contributed by atoms with Crippen LogP contribution in [0.15, 0.2) is 53.0 Å². The predicted molar refractivity (Wildman–Crippen MR) is 119 cm³/mol. The highest BCUT2D eigenvalue weighted by Crippen LogP contribution is 2.22. The van der Waals surface area contributed by atoms with Gasteiger partial charge in [0.15, 0.2) is 10.6 Å². The summed E-state index contributed by atoms with van der Waals surface area (Å²) in [5, 5.41) is 7.17. The first-order valence-electron chi connectivity index (χ1n) is 9.35. The first-order valence-corrected chi connectivity index (χ1v) is 10.6. The molecule has 3 rings (SSSR count). The van der Waals surface area contributed by atoms with E-state index in [1.165, 1.54) is 0 Å². The zero-order valence-electron chi connectivity index (χ0n) is 16.4. The van der Waals surface area contributed by atoms with Gasteiger partial charge in [-0.25, -0.2) is 0 Å². The van der Waals surface area contributed by atoms with E-state index in [2.05, 4.69) is 26.1 Å². The third-order valence-electron chi connectivity index (χ3n) is 4.52. The monoisotopic (exact) mass is 474 g/mol. The van der Waals surface area contributed by atoms with Crippen molar-refractivity contribution >= 4 is 34.1 Å². The van der Waals surface area contributed by atoms with E-state index >= 15 is 0 Å². The zero-order valence-corrected chi connectivity index (χ0v) is 18.8. The van der Waals surface area contributed by atoms with Crippen LogP contribution in [0.2, 0.25) is 0 Å². The summed E-state index contributed by atoms with van der Waals surface area (Å²) < 4.78 is 8.83. The maximum atomic E-state index is 12.6. The van der Waals surface area contributed by atoms with Gasteiger partial charge in [-0.15, -0.1) is 0 Å². The number of nitrogens with one attached hydrogen (secondary N) is 1. The second-order valence-corrected chi connectivity index (χ2v) is 7.79. The molecule has 1 aromatic heterocycles. The van der Waals surface area contributed by atoms with Crippen molar-refractivity contribution in [3.05, 3.63) is 63.3 Å². The van der Waals surface area contributed by atoms with E-state index in [1.54, 1.807) is 4.90 Å². The molecule has 1 heterocycles. The van der Waals surface area contributed by atoms with Crippen molar-refractivity contribution in [3.63, 3.8) is 0 Å². The molecule has 0 saturated carbocycles. The third kappa shape index (κ3) is 5.33. The molecule has 3 aromatic rings. The van der Waals surface area contributed by atoms with Crippen LogP contribution in [0.4, 0.5) is 0 Å². The number of carbonyl (C=O) groups excluding carboxylic acids is 1. The van der Waals surface area contributed by atoms with Crippen LogP contribution in [0, 0.1) is 4.77 Å². The van der Waals surface area contributed by atoms with Crippen LogP contribution >= 0.6 is 28.1 Å². The van der Waals surface area contributed by atoms with Crippen molar-refractivity contribution in [1.29, 1.82) is 0 Å². The van der Waals surface area contributed by atoms with Crippen LogP contribution in [-0.2, 0) is 17.9 Å². The molecule has 1 N–H and O–H groups in total. The molecule has 6 nitrogen and oxygen atoms in total. The lowest BCUT2D eigenvalue weighted by molar-refractivity contribution is -0.130. The van der Waals surface area contributed by atoms with E-state index in [9.17, 15) is 4.79 Å². The summed E-state index contributed by atoms with van der Waals surface area (Å²) >= 11 is 8.90. The standard InChI is InChI=1S/C21H23BrN4O2S/c1-3-28-17-10-8-15(9-11-17)20-23-24-21(29)26(20)13-12-19(27)25(2)14-16-6-4-5-7-18(16)22/h4-11H,3,12-14H2,1-2H3,(H,24,29). The third-order valence-corrected chi connectivity index (χ3v) is 5.61. The number of halogens is 1. The molecule has 0 saturated heterocycles. The van der Waals surface area contributed by atoms with E-state index < -0.39 is 0 Å². The van der Waals surface area contributed by atoms with Crippen LogP contribution < -0.4 is 4.74 Å². The predicted octanol–water partition coefficient (Wildman–Crippen LogP) is 4.82. The first-order chi connectivity index (χ1) is 14.0. The molecule has 0 aliphatic rings. The van der Waals surface area contributed by atoms with Crippen molar-refractivity contribution in [1.82, 2.24) is 19.7 Å². The van der Waals surface area contributed by atoms with Gasteiger partial charge in [-0.05, 0) is 55.0 Å². The molecular weight excluding hydrogens is 452 g/mol. The molecule has 2 aromatic carbocycles. The number of aromatic nitrogens is 3. The molecule has 0 aliphatic heterocycles. The minimum Gasteiger partial charge on any atom is -0.494 e. The van der Waals surface area contributed by atoms with Gasteiger partial charge in [-0.3, -0.25) is 14.5 Å². The minimum absolute atomic E-state index is 0.0431. The highest BCUT2D eigenvalue weighted by molar-refractivity contribution is 9.10. The Kier molecular flexibility index (Phi) is 7.22. The fraction of sp³-hybridized carbons (Fsp3) is 0.286. The van der Waals surface area contributed by atoms with Crippen molar-refractivity contribution in [2.24, 2.45) is 0 Å². The summed E-state index contributed by atoms with van der Waals surface area (Å²) in [6.07, 6.45) is 0.332. The lowest BCUT2D eigenvalue weighted by Crippen LogP contribution is -2.27. The van der Waals surface area contributed by atoms with Gasteiger partial charge in [0.05, 0.1) is 6.61 Å². The minimum atomic E-state index is 0.0431. The van der Waals surface area contributed by atoms with Crippen molar-refractivity contribution < 1.29 is 9.53 Å². The van der Waals surface area contributed by atoms with Crippen LogP contribution in [0.1, 0.15) is 18.9 Å². The Morgan fingerprint density at radius 2 is 1.97 bits per heavy atom. The zero-order chi connectivity index (χ0) is 20.8. The van der Waals surface area contributed by atoms with Gasteiger partial charge in [-0.2, -0.15) is 5.10 Å². The molecule has 0 atom stereocenters. The van der Waals surface area contributed by atoms with Gasteiger partial charge in [0.1, 0.15) is 5.75 Å². The molecule has 1 amide bonds. The topological polar surface area (TPSA) is 63.1 Å². The lowest BCUT2D eigenvalue weighted by Gasteiger charge is -2.18. The van der Waals surface area contributed by atoms with Crippen molar-refractivity contribution in [2.75, 3.05) is 13.7 Å². The molecule has 0 radical (unpaired) electrons. The van der Waals surface area contributed by atoms with Gasteiger partial charge >= 0.3 is 0 Å². The SMILES string of the molecule is CCOc1ccc(-c2n[nH]c(=S)n2CCC(=O)N(C)Cc2ccccc2Br)cc1. The van der Waals surface area contributed by atoms with E-state index in [0.717, 1.165) is 21.3 Å². The number of H-pyrrole nitrogens is 1. The Morgan fingerprint density at radius 1 is 1.24 bits per heavy atom. The van der Waals surface area contributed by atoms with Crippen LogP contribution in [0.25, 0.3) is 11.4 Å². The summed E-state index contributed by atoms with van der Waals surface area (Å²) in [6.45, 7) is 3.57. The average molecular weight is 475 g/mol. The molecule has 0 bridgehead atoms. The lowest BCUT2D eigenvalue weighted by atomic mass is 10.2. The molecule has 8 heteroatoms. The number of hydrogen-bond acceptors (Lipinski definition) is 4. The Labute approximate surface area is 183 Å². The summed E-state index contributed by atoms with van der Waals surface area (Å²) in [4.78, 5) is 14.4. The second-order valence-electron chi connectivity index (χ2n) is 6.55. The van der Waals surface area contributed by atoms with Crippen LogP contribution in [0.5, 0.6) is 5.75 Å². The Bertz CT molecular complexity index is 1030. The second kappa shape index (κ2) is 9.84. The first kappa shape index (κ1) is 21.3. The number of benzene rings is 2. The summed E-state index contributed by atoms with van der Waals surface area (Å²) in [5.74, 6) is 1.56. The molecule has 0 unspecified atom stereocenters. The summed E-state index contributed by atoms with van der Waals surface area (Å²) in [5.41, 5.74) is 1.98. The van der Waals surface area contributed by atoms with Gasteiger partial charge in [0, 0.05) is 36.6 Å². The molecule has 0 fully saturated rings. The van der Waals surface area contributed by atoms with Crippen molar-refractivity contribution in [3.8, 4) is 17.1 Å². The van der Waals surface area contributed by atoms with E-state index in [4.69, 9.17) is 17.0 Å². The van der Waals surface area contributed by atoms with E-state index in [0.29, 0.717) is 36.7 Å². The average Bonchev–Trinajstić information content (AvgIpc) is 3.09. The highest BCUT2D eigenvalue weighted by Gasteiger charge is 2.14. The molecule has 0 aliphatic carbocycles. The number of carbonyl (C=O) groups is 1. The summed E-state index contributed by atoms with van der Waals surface area (Å²) in [7, 11) is 1.81. The van der Waals surface area contributed by atoms with E-state index in [1.807, 2.05) is 67.1 Å². The fourth-order valence-electron chi connectivity index (χ4n) is 2.98. The number of nitrogens with zero attached hydrogens (tertiary/aromatic N) is 3. The Hall–Kier alpha value is -2.45. The molecule has 152 valence electrons. The van der Waals surface area contributed by atoms with Gasteiger partial charge < -0.3 is 9.64 Å². The number of amides is 1. The van der Waals surface area contributed by atoms with Gasteiger partial charge in [-0.1, -0.05) is 34.1 Å². The number of hydrogen-bond donors (Lipinski definition) is 1. The largest absolute Gasteiger partial charge is 0.494 e. The quantitative estimate of drug-likeness (QED) is 0.475. The number of rotatable bonds is 8. The molecule has 0 spiro atoms. The fourth-order valence-corrected chi connectivity index (χ4v) is 3.61. The number of ether oxygens (including phenoxy) is 1. The maximum Gasteiger partial charge on any atom is 0.224 e. The van der Waals surface area contributed by atoms with Gasteiger partial charge in [0.25, 0.3) is 0 Å². The van der Waals surface area contributed by atoms with E-state index in [-0.39, 0.29) is 5.91 Å². The van der Waals surface area contributed by atoms with Crippen LogP contribution in [-0.4, -0.2) is 39.2 Å². The molecular formula is C21H23BrN4O2S. The molecule has 29 heavy (non-hydrogen) atoms. The maximum absolute atomic E-state index is 12.6. The normalized spacial score (nSPS) is 10.7.